The second kappa shape index (κ2) is 13.3. The highest BCUT2D eigenvalue weighted by atomic mass is 17.1. The third-order valence-corrected chi connectivity index (χ3v) is 4.50. The van der Waals surface area contributed by atoms with Crippen LogP contribution in [0.4, 0.5) is 4.79 Å². The first-order valence-electron chi connectivity index (χ1n) is 9.47. The topological polar surface area (TPSA) is 164 Å². The van der Waals surface area contributed by atoms with Crippen LogP contribution in [0.3, 0.4) is 0 Å². The average molecular weight is 422 g/mol. The monoisotopic (exact) mass is 422 g/mol. The minimum atomic E-state index is -1.12. The molecule has 1 atom stereocenters. The largest absolute Gasteiger partial charge is 0.481 e. The Labute approximate surface area is 168 Å². The molecular formula is C17H30N2O10. The lowest BCUT2D eigenvalue weighted by atomic mass is 9.72. The molecule has 0 bridgehead atoms. The van der Waals surface area contributed by atoms with Crippen molar-refractivity contribution >= 4 is 18.0 Å². The highest BCUT2D eigenvalue weighted by Gasteiger charge is 2.35. The van der Waals surface area contributed by atoms with Crippen molar-refractivity contribution in [2.45, 2.75) is 58.2 Å². The molecule has 0 radical (unpaired) electrons. The zero-order valence-electron chi connectivity index (χ0n) is 16.5. The zero-order chi connectivity index (χ0) is 21.7. The van der Waals surface area contributed by atoms with Gasteiger partial charge >= 0.3 is 18.0 Å². The fourth-order valence-corrected chi connectivity index (χ4v) is 3.19. The summed E-state index contributed by atoms with van der Waals surface area (Å²) in [5.41, 5.74) is -0.479. The van der Waals surface area contributed by atoms with Crippen molar-refractivity contribution in [1.82, 2.24) is 10.7 Å². The number of ether oxygens (including phenoxy) is 3. The molecule has 1 amide bonds. The van der Waals surface area contributed by atoms with Gasteiger partial charge in [0.15, 0.2) is 0 Å². The van der Waals surface area contributed by atoms with E-state index in [1.807, 2.05) is 0 Å². The zero-order valence-corrected chi connectivity index (χ0v) is 16.5. The first-order chi connectivity index (χ1) is 13.7. The molecule has 1 unspecified atom stereocenters. The number of rotatable bonds is 13. The molecule has 1 fully saturated rings. The van der Waals surface area contributed by atoms with Crippen LogP contribution in [-0.2, 0) is 28.6 Å². The molecule has 12 nitrogen and oxygen atoms in total. The summed E-state index contributed by atoms with van der Waals surface area (Å²) in [5.74, 6) is -1.55. The molecule has 29 heavy (non-hydrogen) atoms. The number of carboxylic acid groups (broad SMARTS) is 1. The number of carbonyl (C=O) groups is 3. The summed E-state index contributed by atoms with van der Waals surface area (Å²) >= 11 is 0. The fraction of sp³-hybridized carbons (Fsp3) is 0.824. The number of hydrogen-bond acceptors (Lipinski definition) is 10. The van der Waals surface area contributed by atoms with Gasteiger partial charge in [-0.3, -0.25) is 20.0 Å². The van der Waals surface area contributed by atoms with Crippen LogP contribution < -0.4 is 5.32 Å². The van der Waals surface area contributed by atoms with E-state index in [9.17, 15) is 14.4 Å². The molecule has 12 heteroatoms. The van der Waals surface area contributed by atoms with Crippen LogP contribution in [0, 0.1) is 5.41 Å². The molecule has 0 aromatic heterocycles. The van der Waals surface area contributed by atoms with E-state index >= 15 is 0 Å². The Morgan fingerprint density at radius 2 is 1.76 bits per heavy atom. The fourth-order valence-electron chi connectivity index (χ4n) is 3.19. The predicted octanol–water partition coefficient (Wildman–Crippen LogP) is 1.45. The molecule has 1 saturated carbocycles. The van der Waals surface area contributed by atoms with Crippen LogP contribution in [0.25, 0.3) is 0 Å². The summed E-state index contributed by atoms with van der Waals surface area (Å²) in [6, 6.07) is 0. The van der Waals surface area contributed by atoms with E-state index in [2.05, 4.69) is 10.2 Å². The Bertz CT molecular complexity index is 522. The Balaban J connectivity index is 2.23. The van der Waals surface area contributed by atoms with E-state index in [1.165, 1.54) is 6.92 Å². The molecule has 168 valence electrons. The summed E-state index contributed by atoms with van der Waals surface area (Å²) in [7, 11) is 0. The highest BCUT2D eigenvalue weighted by Crippen LogP contribution is 2.38. The summed E-state index contributed by atoms with van der Waals surface area (Å²) in [4.78, 5) is 39.0. The predicted molar refractivity (Wildman–Crippen MR) is 94.6 cm³/mol. The molecule has 1 rings (SSSR count). The minimum absolute atomic E-state index is 0.00960. The van der Waals surface area contributed by atoms with E-state index in [-0.39, 0.29) is 39.2 Å². The number of esters is 1. The van der Waals surface area contributed by atoms with Crippen LogP contribution in [0.15, 0.2) is 0 Å². The van der Waals surface area contributed by atoms with Gasteiger partial charge in [-0.05, 0) is 18.3 Å². The van der Waals surface area contributed by atoms with Crippen molar-refractivity contribution in [1.29, 1.82) is 0 Å². The molecule has 1 aliphatic carbocycles. The first-order valence-corrected chi connectivity index (χ1v) is 9.47. The standard InChI is InChI=1S/C17H30N2O10/c1-13(28-15(22)5-8-26-9-10-27-19(24)25)29-16(23)18-12-17(11-14(20)21)6-3-2-4-7-17/h13,24-25H,2-12H2,1H3,(H,18,23)(H,20,21). The molecule has 0 aliphatic heterocycles. The van der Waals surface area contributed by atoms with Crippen molar-refractivity contribution in [2.24, 2.45) is 5.41 Å². The Morgan fingerprint density at radius 3 is 2.38 bits per heavy atom. The summed E-state index contributed by atoms with van der Waals surface area (Å²) in [5, 5.41) is 27.9. The van der Waals surface area contributed by atoms with Crippen LogP contribution in [-0.4, -0.2) is 71.6 Å². The van der Waals surface area contributed by atoms with Gasteiger partial charge in [0, 0.05) is 13.5 Å². The first kappa shape index (κ1) is 25.0. The average Bonchev–Trinajstić information content (AvgIpc) is 2.63. The van der Waals surface area contributed by atoms with E-state index in [0.717, 1.165) is 32.1 Å². The normalized spacial score (nSPS) is 16.8. The third-order valence-electron chi connectivity index (χ3n) is 4.50. The minimum Gasteiger partial charge on any atom is -0.481 e. The molecule has 1 aliphatic rings. The number of hydrogen-bond donors (Lipinski definition) is 4. The maximum Gasteiger partial charge on any atom is 0.410 e. The van der Waals surface area contributed by atoms with Gasteiger partial charge in [0.2, 0.25) is 6.29 Å². The molecular weight excluding hydrogens is 392 g/mol. The third kappa shape index (κ3) is 11.6. The second-order valence-corrected chi connectivity index (χ2v) is 6.90. The lowest BCUT2D eigenvalue weighted by molar-refractivity contribution is -0.493. The van der Waals surface area contributed by atoms with E-state index in [1.54, 1.807) is 0 Å². The molecule has 0 aromatic carbocycles. The van der Waals surface area contributed by atoms with Gasteiger partial charge in [0.05, 0.1) is 38.1 Å². The van der Waals surface area contributed by atoms with Crippen molar-refractivity contribution in [3.63, 3.8) is 0 Å². The Morgan fingerprint density at radius 1 is 1.07 bits per heavy atom. The molecule has 0 spiro atoms. The van der Waals surface area contributed by atoms with E-state index in [0.29, 0.717) is 0 Å². The van der Waals surface area contributed by atoms with Gasteiger partial charge < -0.3 is 24.6 Å². The maximum atomic E-state index is 11.9. The van der Waals surface area contributed by atoms with E-state index in [4.69, 9.17) is 29.7 Å². The maximum absolute atomic E-state index is 11.9. The number of carboxylic acids is 1. The van der Waals surface area contributed by atoms with Crippen LogP contribution >= 0.6 is 0 Å². The molecule has 4 N–H and O–H groups in total. The number of nitrogens with one attached hydrogen (secondary N) is 1. The van der Waals surface area contributed by atoms with Crippen LogP contribution in [0.2, 0.25) is 0 Å². The van der Waals surface area contributed by atoms with Gasteiger partial charge in [0.1, 0.15) is 0 Å². The number of amides is 1. The molecule has 0 aromatic rings. The van der Waals surface area contributed by atoms with Crippen molar-refractivity contribution in [2.75, 3.05) is 26.4 Å². The van der Waals surface area contributed by atoms with E-state index < -0.39 is 35.1 Å². The highest BCUT2D eigenvalue weighted by molar-refractivity contribution is 5.71. The van der Waals surface area contributed by atoms with Gasteiger partial charge in [-0.1, -0.05) is 19.3 Å². The summed E-state index contributed by atoms with van der Waals surface area (Å²) in [6.45, 7) is 1.49. The SMILES string of the molecule is CC(OC(=O)CCOCCON(O)O)OC(=O)NCC1(CC(=O)O)CCCCC1. The van der Waals surface area contributed by atoms with Crippen LogP contribution in [0.1, 0.15) is 51.9 Å². The number of carbonyl (C=O) groups excluding carboxylic acids is 2. The van der Waals surface area contributed by atoms with Crippen LogP contribution in [0.5, 0.6) is 0 Å². The summed E-state index contributed by atoms with van der Waals surface area (Å²) in [6.07, 6.45) is 2.33. The van der Waals surface area contributed by atoms with Crippen molar-refractivity contribution in [3.05, 3.63) is 0 Å². The number of nitrogens with zero attached hydrogens (tertiary/aromatic N) is 1. The molecule has 0 heterocycles. The van der Waals surface area contributed by atoms with Gasteiger partial charge in [-0.15, -0.1) is 0 Å². The Kier molecular flexibility index (Phi) is 11.5. The Hall–Kier alpha value is -1.99. The van der Waals surface area contributed by atoms with Gasteiger partial charge in [-0.2, -0.15) is 0 Å². The second-order valence-electron chi connectivity index (χ2n) is 6.90. The van der Waals surface area contributed by atoms with Gasteiger partial charge in [-0.25, -0.2) is 9.63 Å². The lowest BCUT2D eigenvalue weighted by Gasteiger charge is -2.36. The number of aliphatic carboxylic acids is 1. The quantitative estimate of drug-likeness (QED) is 0.147. The molecule has 0 saturated heterocycles. The van der Waals surface area contributed by atoms with Crippen molar-refractivity contribution < 1.29 is 49.0 Å². The van der Waals surface area contributed by atoms with Gasteiger partial charge in [0.25, 0.3) is 0 Å². The lowest BCUT2D eigenvalue weighted by Crippen LogP contribution is -2.41. The summed E-state index contributed by atoms with van der Waals surface area (Å²) < 4.78 is 14.9. The van der Waals surface area contributed by atoms with Crippen molar-refractivity contribution in [3.8, 4) is 0 Å². The number of alkyl carbamates (subject to hydrolysis) is 1. The smallest absolute Gasteiger partial charge is 0.410 e.